The Bertz CT molecular complexity index is 458. The second-order valence-electron chi connectivity index (χ2n) is 6.41. The van der Waals surface area contributed by atoms with Gasteiger partial charge in [-0.3, -0.25) is 4.79 Å². The maximum absolute atomic E-state index is 12.0. The summed E-state index contributed by atoms with van der Waals surface area (Å²) in [6, 6.07) is 7.28. The number of benzene rings is 1. The largest absolute Gasteiger partial charge is 0.494 e. The Morgan fingerprint density at radius 3 is 2.64 bits per heavy atom. The molecule has 0 fully saturated rings. The van der Waals surface area contributed by atoms with Crippen molar-refractivity contribution in [3.05, 3.63) is 29.8 Å². The van der Waals surface area contributed by atoms with Gasteiger partial charge in [-0.15, -0.1) is 12.4 Å². The van der Waals surface area contributed by atoms with E-state index in [1.54, 1.807) is 0 Å². The molecular formula is C17H29ClN2O2. The zero-order chi connectivity index (χ0) is 15.9. The Morgan fingerprint density at radius 2 is 2.05 bits per heavy atom. The second kappa shape index (κ2) is 9.70. The lowest BCUT2D eigenvalue weighted by atomic mass is 9.87. The maximum atomic E-state index is 12.0. The van der Waals surface area contributed by atoms with Gasteiger partial charge in [0.25, 0.3) is 0 Å². The molecule has 1 amide bonds. The number of hydrogen-bond donors (Lipinski definition) is 2. The van der Waals surface area contributed by atoms with E-state index in [9.17, 15) is 4.79 Å². The molecule has 0 saturated carbocycles. The first-order chi connectivity index (χ1) is 9.84. The highest BCUT2D eigenvalue weighted by atomic mass is 35.5. The maximum Gasteiger partial charge on any atom is 0.237 e. The van der Waals surface area contributed by atoms with E-state index in [2.05, 4.69) is 12.2 Å². The first-order valence-corrected chi connectivity index (χ1v) is 7.59. The summed E-state index contributed by atoms with van der Waals surface area (Å²) in [5, 5.41) is 2.88. The van der Waals surface area contributed by atoms with Crippen LogP contribution in [0.3, 0.4) is 0 Å². The number of carbonyl (C=O) groups is 1. The third-order valence-corrected chi connectivity index (χ3v) is 3.35. The molecule has 3 N–H and O–H groups in total. The summed E-state index contributed by atoms with van der Waals surface area (Å²) in [6.07, 6.45) is 2.15. The summed E-state index contributed by atoms with van der Waals surface area (Å²) in [6.45, 7) is 9.20. The molecule has 0 bridgehead atoms. The van der Waals surface area contributed by atoms with Crippen LogP contribution in [0.2, 0.25) is 0 Å². The van der Waals surface area contributed by atoms with Crippen LogP contribution in [0.1, 0.15) is 46.1 Å². The molecule has 22 heavy (non-hydrogen) atoms. The zero-order valence-corrected chi connectivity index (χ0v) is 14.8. The highest BCUT2D eigenvalue weighted by Gasteiger charge is 2.27. The van der Waals surface area contributed by atoms with E-state index >= 15 is 0 Å². The third kappa shape index (κ3) is 7.14. The molecule has 0 saturated heterocycles. The van der Waals surface area contributed by atoms with Crippen molar-refractivity contribution in [1.82, 2.24) is 5.32 Å². The van der Waals surface area contributed by atoms with Crippen LogP contribution in [0, 0.1) is 5.41 Å². The van der Waals surface area contributed by atoms with Gasteiger partial charge in [0.15, 0.2) is 0 Å². The van der Waals surface area contributed by atoms with Crippen LogP contribution < -0.4 is 15.8 Å². The lowest BCUT2D eigenvalue weighted by Crippen LogP contribution is -2.48. The topological polar surface area (TPSA) is 64.3 Å². The van der Waals surface area contributed by atoms with Crippen molar-refractivity contribution < 1.29 is 9.53 Å². The Hall–Kier alpha value is -1.26. The molecule has 5 heteroatoms. The standard InChI is InChI=1S/C17H28N2O2.ClH/c1-5-6-10-21-14-9-7-8-13(11-14)12-19-16(20)15(18)17(2,3)4;/h7-9,11,15H,5-6,10,12,18H2,1-4H3,(H,19,20);1H/t15-;/m1./s1. The average molecular weight is 329 g/mol. The number of amides is 1. The number of carbonyl (C=O) groups excluding carboxylic acids is 1. The van der Waals surface area contributed by atoms with Crippen molar-refractivity contribution in [2.75, 3.05) is 6.61 Å². The van der Waals surface area contributed by atoms with Crippen LogP contribution in [-0.4, -0.2) is 18.6 Å². The minimum atomic E-state index is -0.513. The molecular weight excluding hydrogens is 300 g/mol. The van der Waals surface area contributed by atoms with Crippen molar-refractivity contribution in [3.63, 3.8) is 0 Å². The fourth-order valence-electron chi connectivity index (χ4n) is 1.77. The van der Waals surface area contributed by atoms with E-state index in [-0.39, 0.29) is 23.7 Å². The van der Waals surface area contributed by atoms with Crippen molar-refractivity contribution in [1.29, 1.82) is 0 Å². The Morgan fingerprint density at radius 1 is 1.36 bits per heavy atom. The van der Waals surface area contributed by atoms with Crippen molar-refractivity contribution in [2.24, 2.45) is 11.1 Å². The number of ether oxygens (including phenoxy) is 1. The lowest BCUT2D eigenvalue weighted by molar-refractivity contribution is -0.124. The number of nitrogens with one attached hydrogen (secondary N) is 1. The minimum absolute atomic E-state index is 0. The van der Waals surface area contributed by atoms with Crippen LogP contribution in [0.25, 0.3) is 0 Å². The van der Waals surface area contributed by atoms with Crippen molar-refractivity contribution in [2.45, 2.75) is 53.1 Å². The van der Waals surface area contributed by atoms with Crippen LogP contribution in [-0.2, 0) is 11.3 Å². The van der Waals surface area contributed by atoms with E-state index < -0.39 is 6.04 Å². The van der Waals surface area contributed by atoms with E-state index in [1.165, 1.54) is 0 Å². The van der Waals surface area contributed by atoms with Gasteiger partial charge in [0.1, 0.15) is 5.75 Å². The summed E-state index contributed by atoms with van der Waals surface area (Å²) in [5.74, 6) is 0.718. The van der Waals surface area contributed by atoms with Crippen molar-refractivity contribution >= 4 is 18.3 Å². The summed E-state index contributed by atoms with van der Waals surface area (Å²) in [5.41, 5.74) is 6.70. The smallest absolute Gasteiger partial charge is 0.237 e. The molecule has 126 valence electrons. The van der Waals surface area contributed by atoms with Gasteiger partial charge in [0, 0.05) is 6.54 Å². The molecule has 0 spiro atoms. The van der Waals surface area contributed by atoms with Crippen LogP contribution >= 0.6 is 12.4 Å². The molecule has 0 heterocycles. The predicted molar refractivity (Wildman–Crippen MR) is 93.4 cm³/mol. The molecule has 0 aliphatic heterocycles. The summed E-state index contributed by atoms with van der Waals surface area (Å²) >= 11 is 0. The summed E-state index contributed by atoms with van der Waals surface area (Å²) in [7, 11) is 0. The van der Waals surface area contributed by atoms with E-state index in [4.69, 9.17) is 10.5 Å². The molecule has 1 atom stereocenters. The molecule has 0 unspecified atom stereocenters. The number of halogens is 1. The number of nitrogens with two attached hydrogens (primary N) is 1. The van der Waals surface area contributed by atoms with Gasteiger partial charge in [-0.1, -0.05) is 46.2 Å². The van der Waals surface area contributed by atoms with Gasteiger partial charge in [-0.25, -0.2) is 0 Å². The molecule has 0 aromatic heterocycles. The van der Waals surface area contributed by atoms with E-state index in [0.717, 1.165) is 30.8 Å². The Balaban J connectivity index is 0.00000441. The first kappa shape index (κ1) is 20.7. The lowest BCUT2D eigenvalue weighted by Gasteiger charge is -2.25. The third-order valence-electron chi connectivity index (χ3n) is 3.35. The quantitative estimate of drug-likeness (QED) is 0.755. The molecule has 1 rings (SSSR count). The predicted octanol–water partition coefficient (Wildman–Crippen LogP) is 3.28. The average Bonchev–Trinajstić information content (AvgIpc) is 2.44. The van der Waals surface area contributed by atoms with Gasteiger partial charge in [-0.05, 0) is 29.5 Å². The zero-order valence-electron chi connectivity index (χ0n) is 14.0. The monoisotopic (exact) mass is 328 g/mol. The minimum Gasteiger partial charge on any atom is -0.494 e. The summed E-state index contributed by atoms with van der Waals surface area (Å²) in [4.78, 5) is 12.0. The number of rotatable bonds is 7. The van der Waals surface area contributed by atoms with Gasteiger partial charge >= 0.3 is 0 Å². The van der Waals surface area contributed by atoms with E-state index in [1.807, 2.05) is 45.0 Å². The first-order valence-electron chi connectivity index (χ1n) is 7.59. The Labute approximate surface area is 140 Å². The second-order valence-corrected chi connectivity index (χ2v) is 6.41. The molecule has 0 radical (unpaired) electrons. The molecule has 1 aromatic rings. The highest BCUT2D eigenvalue weighted by Crippen LogP contribution is 2.18. The Kier molecular flexibility index (Phi) is 9.14. The van der Waals surface area contributed by atoms with Crippen LogP contribution in [0.5, 0.6) is 5.75 Å². The molecule has 0 aliphatic carbocycles. The molecule has 4 nitrogen and oxygen atoms in total. The van der Waals surface area contributed by atoms with Gasteiger partial charge < -0.3 is 15.8 Å². The van der Waals surface area contributed by atoms with Gasteiger partial charge in [0.05, 0.1) is 12.6 Å². The van der Waals surface area contributed by atoms with Crippen LogP contribution in [0.4, 0.5) is 0 Å². The number of hydrogen-bond acceptors (Lipinski definition) is 3. The van der Waals surface area contributed by atoms with Crippen molar-refractivity contribution in [3.8, 4) is 5.75 Å². The normalized spacial score (nSPS) is 12.2. The van der Waals surface area contributed by atoms with E-state index in [0.29, 0.717) is 6.54 Å². The van der Waals surface area contributed by atoms with Crippen LogP contribution in [0.15, 0.2) is 24.3 Å². The molecule has 0 aliphatic rings. The fourth-order valence-corrected chi connectivity index (χ4v) is 1.77. The number of unbranched alkanes of at least 4 members (excludes halogenated alkanes) is 1. The fraction of sp³-hybridized carbons (Fsp3) is 0.588. The highest BCUT2D eigenvalue weighted by molar-refractivity contribution is 5.85. The SMILES string of the molecule is CCCCOc1cccc(CNC(=O)[C@@H](N)C(C)(C)C)c1.Cl. The van der Waals surface area contributed by atoms with Gasteiger partial charge in [-0.2, -0.15) is 0 Å². The molecule has 1 aromatic carbocycles. The van der Waals surface area contributed by atoms with Gasteiger partial charge in [0.2, 0.25) is 5.91 Å². The summed E-state index contributed by atoms with van der Waals surface area (Å²) < 4.78 is 5.66.